The highest BCUT2D eigenvalue weighted by Gasteiger charge is 2.22. The molecule has 0 radical (unpaired) electrons. The van der Waals surface area contributed by atoms with Crippen molar-refractivity contribution in [2.75, 3.05) is 31.3 Å². The molecule has 0 saturated heterocycles. The molecule has 0 aliphatic rings. The average Bonchev–Trinajstić information content (AvgIpc) is 2.83. The van der Waals surface area contributed by atoms with Crippen LogP contribution in [-0.2, 0) is 14.8 Å². The minimum atomic E-state index is -4.17. The molecule has 3 aromatic carbocycles. The van der Waals surface area contributed by atoms with Gasteiger partial charge in [0.15, 0.2) is 0 Å². The predicted octanol–water partition coefficient (Wildman–Crippen LogP) is 4.93. The molecule has 0 aromatic heterocycles. The van der Waals surface area contributed by atoms with E-state index in [1.807, 2.05) is 0 Å². The molecule has 3 aromatic rings. The van der Waals surface area contributed by atoms with Gasteiger partial charge >= 0.3 is 0 Å². The van der Waals surface area contributed by atoms with Crippen LogP contribution in [0.15, 0.2) is 59.5 Å². The summed E-state index contributed by atoms with van der Waals surface area (Å²) in [4.78, 5) is 12.0. The number of benzene rings is 3. The highest BCUT2D eigenvalue weighted by Crippen LogP contribution is 2.34. The Hall–Kier alpha value is -3.05. The summed E-state index contributed by atoms with van der Waals surface area (Å²) in [6, 6.07) is 12.4. The summed E-state index contributed by atoms with van der Waals surface area (Å²) in [6.07, 6.45) is 0. The van der Waals surface area contributed by atoms with Crippen LogP contribution in [-0.4, -0.2) is 41.6 Å². The highest BCUT2D eigenvalue weighted by atomic mass is 35.5. The lowest BCUT2D eigenvalue weighted by Gasteiger charge is -2.16. The summed E-state index contributed by atoms with van der Waals surface area (Å²) in [5.74, 6) is -0.125. The van der Waals surface area contributed by atoms with Crippen LogP contribution in [0.2, 0.25) is 5.02 Å². The summed E-state index contributed by atoms with van der Waals surface area (Å²) in [6.45, 7) is 1.69. The lowest BCUT2D eigenvalue weighted by atomic mass is 10.0. The van der Waals surface area contributed by atoms with E-state index in [9.17, 15) is 17.6 Å². The number of ether oxygens (including phenoxy) is 2. The van der Waals surface area contributed by atoms with Crippen molar-refractivity contribution < 1.29 is 27.1 Å². The van der Waals surface area contributed by atoms with Crippen LogP contribution in [0.1, 0.15) is 6.92 Å². The minimum Gasteiger partial charge on any atom is -0.497 e. The van der Waals surface area contributed by atoms with Crippen LogP contribution < -0.4 is 24.8 Å². The number of nitrogens with one attached hydrogen (secondary N) is 3. The van der Waals surface area contributed by atoms with Crippen molar-refractivity contribution in [1.29, 1.82) is 0 Å². The molecule has 3 rings (SSSR count). The maximum Gasteiger partial charge on any atom is 0.263 e. The van der Waals surface area contributed by atoms with Gasteiger partial charge in [-0.15, -0.1) is 12.4 Å². The third kappa shape index (κ3) is 6.58. The number of amides is 1. The quantitative estimate of drug-likeness (QED) is 0.344. The van der Waals surface area contributed by atoms with Crippen LogP contribution in [0.5, 0.6) is 11.5 Å². The van der Waals surface area contributed by atoms with Gasteiger partial charge in [0.1, 0.15) is 22.2 Å². The van der Waals surface area contributed by atoms with Crippen LogP contribution in [0, 0.1) is 5.82 Å². The zero-order chi connectivity index (χ0) is 25.8. The van der Waals surface area contributed by atoms with Gasteiger partial charge in [-0.2, -0.15) is 0 Å². The standard InChI is InChI=1S/C24H25ClFN3O5S.ClH/c1-14(27-2)24(30)28-16-6-9-22(34-4)21(12-16)29-35(31,32)23-10-5-15(11-19(23)25)18-13-17(33-3)7-8-20(18)26;/h5-14,27,29H,1-4H3,(H,28,30);1H/t14-;/m0./s1. The number of likely N-dealkylation sites (N-methyl/N-ethyl adjacent to an activating group) is 1. The van der Waals surface area contributed by atoms with Crippen molar-refractivity contribution in [3.63, 3.8) is 0 Å². The summed E-state index contributed by atoms with van der Waals surface area (Å²) < 4.78 is 53.5. The van der Waals surface area contributed by atoms with Gasteiger partial charge in [0.05, 0.1) is 31.0 Å². The Morgan fingerprint density at radius 1 is 1.03 bits per heavy atom. The van der Waals surface area contributed by atoms with E-state index in [0.29, 0.717) is 17.0 Å². The molecule has 12 heteroatoms. The molecule has 1 atom stereocenters. The van der Waals surface area contributed by atoms with Gasteiger partial charge in [0, 0.05) is 11.3 Å². The molecule has 194 valence electrons. The number of carbonyl (C=O) groups is 1. The van der Waals surface area contributed by atoms with E-state index in [-0.39, 0.29) is 45.2 Å². The Kier molecular flexibility index (Phi) is 9.94. The first-order valence-electron chi connectivity index (χ1n) is 10.4. The van der Waals surface area contributed by atoms with Crippen LogP contribution in [0.4, 0.5) is 15.8 Å². The van der Waals surface area contributed by atoms with Gasteiger partial charge in [-0.1, -0.05) is 17.7 Å². The molecule has 3 N–H and O–H groups in total. The van der Waals surface area contributed by atoms with Crippen molar-refractivity contribution in [3.8, 4) is 22.6 Å². The number of rotatable bonds is 9. The van der Waals surface area contributed by atoms with Crippen molar-refractivity contribution in [2.24, 2.45) is 0 Å². The van der Waals surface area contributed by atoms with E-state index in [1.165, 1.54) is 62.8 Å². The number of anilines is 2. The summed E-state index contributed by atoms with van der Waals surface area (Å²) in [5, 5.41) is 5.41. The zero-order valence-corrected chi connectivity index (χ0v) is 22.3. The SMILES string of the molecule is CN[C@@H](C)C(=O)Nc1ccc(OC)c(NS(=O)(=O)c2ccc(-c3cc(OC)ccc3F)cc2Cl)c1.Cl. The number of carbonyl (C=O) groups excluding carboxylic acids is 1. The fraction of sp³-hybridized carbons (Fsp3) is 0.208. The first-order valence-corrected chi connectivity index (χ1v) is 12.3. The predicted molar refractivity (Wildman–Crippen MR) is 142 cm³/mol. The first kappa shape index (κ1) is 29.2. The number of hydrogen-bond acceptors (Lipinski definition) is 6. The molecule has 0 aliphatic carbocycles. The molecule has 0 bridgehead atoms. The van der Waals surface area contributed by atoms with Gasteiger partial charge < -0.3 is 20.1 Å². The van der Waals surface area contributed by atoms with Gasteiger partial charge in [-0.3, -0.25) is 9.52 Å². The summed E-state index contributed by atoms with van der Waals surface area (Å²) in [5.41, 5.74) is 1.06. The fourth-order valence-electron chi connectivity index (χ4n) is 3.19. The molecule has 1 amide bonds. The van der Waals surface area contributed by atoms with Crippen LogP contribution >= 0.6 is 24.0 Å². The molecule has 0 fully saturated rings. The normalized spacial score (nSPS) is 11.7. The molecular formula is C24H26Cl2FN3O5S. The molecule has 0 spiro atoms. The summed E-state index contributed by atoms with van der Waals surface area (Å²) >= 11 is 6.31. The smallest absolute Gasteiger partial charge is 0.263 e. The van der Waals surface area contributed by atoms with Gasteiger partial charge in [-0.05, 0) is 68.1 Å². The van der Waals surface area contributed by atoms with Crippen molar-refractivity contribution in [1.82, 2.24) is 5.32 Å². The molecular weight excluding hydrogens is 532 g/mol. The van der Waals surface area contributed by atoms with E-state index in [0.717, 1.165) is 0 Å². The van der Waals surface area contributed by atoms with Crippen molar-refractivity contribution >= 4 is 51.3 Å². The van der Waals surface area contributed by atoms with Gasteiger partial charge in [0.25, 0.3) is 10.0 Å². The Morgan fingerprint density at radius 2 is 1.75 bits per heavy atom. The molecule has 0 unspecified atom stereocenters. The summed E-state index contributed by atoms with van der Waals surface area (Å²) in [7, 11) is 0.326. The monoisotopic (exact) mass is 557 g/mol. The maximum absolute atomic E-state index is 14.4. The fourth-order valence-corrected chi connectivity index (χ4v) is 4.79. The van der Waals surface area contributed by atoms with Crippen LogP contribution in [0.3, 0.4) is 0 Å². The Balaban J connectivity index is 0.00000456. The highest BCUT2D eigenvalue weighted by molar-refractivity contribution is 7.92. The lowest BCUT2D eigenvalue weighted by Crippen LogP contribution is -2.35. The van der Waals surface area contributed by atoms with Crippen LogP contribution in [0.25, 0.3) is 11.1 Å². The lowest BCUT2D eigenvalue weighted by molar-refractivity contribution is -0.117. The molecule has 0 heterocycles. The second kappa shape index (κ2) is 12.3. The average molecular weight is 558 g/mol. The van der Waals surface area contributed by atoms with E-state index in [2.05, 4.69) is 15.4 Å². The second-order valence-electron chi connectivity index (χ2n) is 7.51. The van der Waals surface area contributed by atoms with E-state index in [4.69, 9.17) is 21.1 Å². The maximum atomic E-state index is 14.4. The molecule has 0 saturated carbocycles. The number of halogens is 3. The first-order chi connectivity index (χ1) is 16.6. The van der Waals surface area contributed by atoms with Crippen molar-refractivity contribution in [3.05, 3.63) is 65.4 Å². The molecule has 0 aliphatic heterocycles. The number of sulfonamides is 1. The van der Waals surface area contributed by atoms with Gasteiger partial charge in [0.2, 0.25) is 5.91 Å². The van der Waals surface area contributed by atoms with E-state index >= 15 is 0 Å². The number of methoxy groups -OCH3 is 2. The van der Waals surface area contributed by atoms with Crippen molar-refractivity contribution in [2.45, 2.75) is 17.9 Å². The minimum absolute atomic E-state index is 0. The Bertz CT molecular complexity index is 1360. The van der Waals surface area contributed by atoms with E-state index in [1.54, 1.807) is 20.0 Å². The topological polar surface area (TPSA) is 106 Å². The molecule has 8 nitrogen and oxygen atoms in total. The second-order valence-corrected chi connectivity index (χ2v) is 9.57. The van der Waals surface area contributed by atoms with E-state index < -0.39 is 21.9 Å². The third-order valence-electron chi connectivity index (χ3n) is 5.24. The zero-order valence-electron chi connectivity index (χ0n) is 19.9. The molecule has 36 heavy (non-hydrogen) atoms. The third-order valence-corrected chi connectivity index (χ3v) is 7.09. The Morgan fingerprint density at radius 3 is 2.36 bits per heavy atom. The Labute approximate surface area is 220 Å². The number of hydrogen-bond donors (Lipinski definition) is 3. The largest absolute Gasteiger partial charge is 0.497 e. The van der Waals surface area contributed by atoms with Gasteiger partial charge in [-0.25, -0.2) is 12.8 Å².